The van der Waals surface area contributed by atoms with Crippen LogP contribution in [0.25, 0.3) is 0 Å². The predicted molar refractivity (Wildman–Crippen MR) is 84.6 cm³/mol. The van der Waals surface area contributed by atoms with E-state index in [2.05, 4.69) is 34.5 Å². The molecule has 0 aromatic carbocycles. The molecule has 1 radical (unpaired) electrons. The van der Waals surface area contributed by atoms with Crippen LogP contribution in [0.3, 0.4) is 0 Å². The standard InChI is InChI=1S/C15H33N4O.2ClH.Ti/c1-18-12-5-10-16-8-4-9-17-11-7-15(20-3)19(2)14-6-13-18;;;/h16-17H,4-14H2,1-3H3;2*1H;/q-1;;;+3/p-2. The van der Waals surface area contributed by atoms with Crippen LogP contribution in [-0.4, -0.2) is 76.8 Å². The Labute approximate surface area is 170 Å². The Bertz CT molecular complexity index is 244. The molecule has 2 N–H and O–H groups in total. The molecular formula is C15H33Cl2N4OTi. The van der Waals surface area contributed by atoms with Crippen LogP contribution in [-0.2, 0) is 26.5 Å². The third kappa shape index (κ3) is 15.1. The van der Waals surface area contributed by atoms with Gasteiger partial charge >= 0.3 is 21.7 Å². The van der Waals surface area contributed by atoms with Crippen LogP contribution in [0.2, 0.25) is 0 Å². The summed E-state index contributed by atoms with van der Waals surface area (Å²) in [5.41, 5.74) is 0. The first kappa shape index (κ1) is 28.9. The van der Waals surface area contributed by atoms with Crippen LogP contribution < -0.4 is 35.4 Å². The Morgan fingerprint density at radius 3 is 2.04 bits per heavy atom. The van der Waals surface area contributed by atoms with E-state index in [-0.39, 0.29) is 46.5 Å². The Hall–Kier alpha value is 1.09. The number of methoxy groups -OCH3 is 1. The van der Waals surface area contributed by atoms with Crippen molar-refractivity contribution in [1.29, 1.82) is 0 Å². The van der Waals surface area contributed by atoms with Crippen LogP contribution >= 0.6 is 0 Å². The van der Waals surface area contributed by atoms with Crippen molar-refractivity contribution in [3.8, 4) is 0 Å². The molecule has 0 aromatic heterocycles. The molecule has 0 unspecified atom stereocenters. The maximum Gasteiger partial charge on any atom is 3.00 e. The Kier molecular flexibility index (Phi) is 24.4. The predicted octanol–water partition coefficient (Wildman–Crippen LogP) is -5.26. The molecule has 1 aliphatic heterocycles. The molecule has 137 valence electrons. The average Bonchev–Trinajstić information content (AvgIpc) is 2.43. The summed E-state index contributed by atoms with van der Waals surface area (Å²) >= 11 is 0. The quantitative estimate of drug-likeness (QED) is 0.338. The molecule has 0 bridgehead atoms. The van der Waals surface area contributed by atoms with E-state index in [0.29, 0.717) is 0 Å². The van der Waals surface area contributed by atoms with E-state index >= 15 is 0 Å². The largest absolute Gasteiger partial charge is 3.00 e. The van der Waals surface area contributed by atoms with Gasteiger partial charge in [-0.05, 0) is 79.2 Å². The van der Waals surface area contributed by atoms with Crippen LogP contribution in [0.1, 0.15) is 25.7 Å². The monoisotopic (exact) mass is 403 g/mol. The number of nitrogens with one attached hydrogen (secondary N) is 2. The summed E-state index contributed by atoms with van der Waals surface area (Å²) in [6.45, 7) is 7.70. The van der Waals surface area contributed by atoms with Crippen molar-refractivity contribution in [2.75, 3.05) is 67.0 Å². The molecule has 0 atom stereocenters. The van der Waals surface area contributed by atoms with E-state index in [1.807, 2.05) is 0 Å². The minimum Gasteiger partial charge on any atom is -1.00 e. The van der Waals surface area contributed by atoms with Crippen molar-refractivity contribution in [2.45, 2.75) is 25.7 Å². The van der Waals surface area contributed by atoms with Crippen molar-refractivity contribution in [2.24, 2.45) is 0 Å². The van der Waals surface area contributed by atoms with Crippen LogP contribution in [0.5, 0.6) is 0 Å². The minimum absolute atomic E-state index is 0. The van der Waals surface area contributed by atoms with E-state index in [1.165, 1.54) is 25.8 Å². The van der Waals surface area contributed by atoms with E-state index in [0.717, 1.165) is 51.9 Å². The SMILES string of the molecule is CO[C-]1CCNCCCNCCCN(C)CCCN1C.[Cl-].[Cl-].[Ti+3]. The van der Waals surface area contributed by atoms with Gasteiger partial charge in [-0.15, -0.1) is 12.6 Å². The van der Waals surface area contributed by atoms with Gasteiger partial charge in [0.25, 0.3) is 0 Å². The van der Waals surface area contributed by atoms with Gasteiger partial charge in [0.15, 0.2) is 0 Å². The first-order chi connectivity index (χ1) is 9.74. The maximum atomic E-state index is 5.51. The summed E-state index contributed by atoms with van der Waals surface area (Å²) in [6, 6.07) is 0. The molecular weight excluding hydrogens is 371 g/mol. The topological polar surface area (TPSA) is 39.8 Å². The first-order valence-electron chi connectivity index (χ1n) is 7.95. The Morgan fingerprint density at radius 2 is 1.39 bits per heavy atom. The van der Waals surface area contributed by atoms with Gasteiger partial charge in [0, 0.05) is 7.11 Å². The summed E-state index contributed by atoms with van der Waals surface area (Å²) in [5.74, 6) is 0. The van der Waals surface area contributed by atoms with Crippen molar-refractivity contribution in [3.63, 3.8) is 0 Å². The zero-order valence-corrected chi connectivity index (χ0v) is 17.9. The fourth-order valence-electron chi connectivity index (χ4n) is 2.52. The zero-order valence-electron chi connectivity index (χ0n) is 14.8. The molecule has 0 aromatic rings. The zero-order chi connectivity index (χ0) is 14.6. The molecule has 5 nitrogen and oxygen atoms in total. The number of hydrogen-bond acceptors (Lipinski definition) is 5. The first-order valence-corrected chi connectivity index (χ1v) is 7.95. The molecule has 1 saturated heterocycles. The average molecular weight is 404 g/mol. The second-order valence-electron chi connectivity index (χ2n) is 5.63. The molecule has 1 aliphatic rings. The normalized spacial score (nSPS) is 21.5. The van der Waals surface area contributed by atoms with E-state index < -0.39 is 0 Å². The van der Waals surface area contributed by atoms with Crippen molar-refractivity contribution >= 4 is 0 Å². The molecule has 0 spiro atoms. The molecule has 23 heavy (non-hydrogen) atoms. The van der Waals surface area contributed by atoms with Crippen molar-refractivity contribution in [3.05, 3.63) is 6.23 Å². The van der Waals surface area contributed by atoms with Gasteiger partial charge in [-0.2, -0.15) is 0 Å². The molecule has 0 aliphatic carbocycles. The fourth-order valence-corrected chi connectivity index (χ4v) is 2.52. The van der Waals surface area contributed by atoms with E-state index in [4.69, 9.17) is 4.74 Å². The van der Waals surface area contributed by atoms with Crippen LogP contribution in [0.4, 0.5) is 0 Å². The summed E-state index contributed by atoms with van der Waals surface area (Å²) in [4.78, 5) is 4.68. The third-order valence-electron chi connectivity index (χ3n) is 3.81. The summed E-state index contributed by atoms with van der Waals surface area (Å²) in [6.07, 6.45) is 5.66. The van der Waals surface area contributed by atoms with Gasteiger partial charge in [0.05, 0.1) is 0 Å². The fraction of sp³-hybridized carbons (Fsp3) is 0.933. The molecule has 1 heterocycles. The van der Waals surface area contributed by atoms with Gasteiger partial charge in [-0.3, -0.25) is 0 Å². The summed E-state index contributed by atoms with van der Waals surface area (Å²) < 4.78 is 5.51. The number of rotatable bonds is 1. The molecule has 0 saturated carbocycles. The maximum absolute atomic E-state index is 5.51. The number of hydrogen-bond donors (Lipinski definition) is 2. The summed E-state index contributed by atoms with van der Waals surface area (Å²) in [7, 11) is 6.13. The smallest absolute Gasteiger partial charge is 1.00 e. The molecule has 8 heteroatoms. The third-order valence-corrected chi connectivity index (χ3v) is 3.81. The van der Waals surface area contributed by atoms with Gasteiger partial charge < -0.3 is 50.0 Å². The van der Waals surface area contributed by atoms with Gasteiger partial charge in [-0.1, -0.05) is 0 Å². The van der Waals surface area contributed by atoms with E-state index in [1.54, 1.807) is 7.11 Å². The van der Waals surface area contributed by atoms with Gasteiger partial charge in [-0.25, -0.2) is 0 Å². The molecule has 1 rings (SSSR count). The minimum atomic E-state index is 0. The second-order valence-corrected chi connectivity index (χ2v) is 5.63. The van der Waals surface area contributed by atoms with E-state index in [9.17, 15) is 0 Å². The van der Waals surface area contributed by atoms with Gasteiger partial charge in [0.1, 0.15) is 0 Å². The van der Waals surface area contributed by atoms with Gasteiger partial charge in [0.2, 0.25) is 0 Å². The number of ether oxygens (including phenoxy) is 1. The number of halogens is 2. The van der Waals surface area contributed by atoms with Crippen molar-refractivity contribution in [1.82, 2.24) is 20.4 Å². The number of nitrogens with zero attached hydrogens (tertiary/aromatic N) is 2. The van der Waals surface area contributed by atoms with Crippen LogP contribution in [0, 0.1) is 6.23 Å². The molecule has 0 amide bonds. The summed E-state index contributed by atoms with van der Waals surface area (Å²) in [5, 5.41) is 6.99. The second kappa shape index (κ2) is 19.4. The van der Waals surface area contributed by atoms with Crippen LogP contribution in [0.15, 0.2) is 0 Å². The molecule has 1 fully saturated rings. The Balaban J connectivity index is -0.00000133. The Morgan fingerprint density at radius 1 is 0.826 bits per heavy atom. The van der Waals surface area contributed by atoms with Crippen molar-refractivity contribution < 1.29 is 51.3 Å².